The molecule has 3 heterocycles. The zero-order chi connectivity index (χ0) is 17.8. The maximum absolute atomic E-state index is 12.6. The molecule has 0 radical (unpaired) electrons. The molecule has 0 saturated carbocycles. The summed E-state index contributed by atoms with van der Waals surface area (Å²) in [6.45, 7) is 2.06. The van der Waals surface area contributed by atoms with Gasteiger partial charge in [-0.25, -0.2) is 4.79 Å². The minimum atomic E-state index is -0.709. The maximum atomic E-state index is 12.6. The van der Waals surface area contributed by atoms with E-state index in [9.17, 15) is 19.5 Å². The van der Waals surface area contributed by atoms with Crippen molar-refractivity contribution >= 4 is 5.91 Å². The van der Waals surface area contributed by atoms with Gasteiger partial charge in [0.2, 0.25) is 0 Å². The van der Waals surface area contributed by atoms with E-state index >= 15 is 0 Å². The van der Waals surface area contributed by atoms with Crippen LogP contribution in [0.2, 0.25) is 0 Å². The zero-order valence-electron chi connectivity index (χ0n) is 13.6. The van der Waals surface area contributed by atoms with Gasteiger partial charge in [0.05, 0.1) is 12.8 Å². The highest BCUT2D eigenvalue weighted by Gasteiger charge is 2.30. The van der Waals surface area contributed by atoms with Gasteiger partial charge in [0.15, 0.2) is 0 Å². The molecular formula is C16H20N4O5. The molecule has 0 bridgehead atoms. The lowest BCUT2D eigenvalue weighted by Gasteiger charge is -2.41. The number of amides is 1. The van der Waals surface area contributed by atoms with Crippen LogP contribution in [-0.4, -0.2) is 63.1 Å². The van der Waals surface area contributed by atoms with Crippen LogP contribution in [0.4, 0.5) is 0 Å². The Bertz CT molecular complexity index is 797. The second kappa shape index (κ2) is 7.49. The Kier molecular flexibility index (Phi) is 5.15. The molecule has 9 nitrogen and oxygen atoms in total. The second-order valence-electron chi connectivity index (χ2n) is 5.97. The first-order chi connectivity index (χ1) is 12.1. The van der Waals surface area contributed by atoms with Crippen molar-refractivity contribution in [1.29, 1.82) is 0 Å². The number of rotatable bonds is 5. The van der Waals surface area contributed by atoms with Crippen molar-refractivity contribution in [2.75, 3.05) is 26.2 Å². The predicted molar refractivity (Wildman–Crippen MR) is 88.2 cm³/mol. The van der Waals surface area contributed by atoms with E-state index in [4.69, 9.17) is 4.42 Å². The normalized spacial score (nSPS) is 18.4. The largest absolute Gasteiger partial charge is 0.468 e. The standard InChI is InChI=1S/C16H20N4O5/c21-6-3-11-9-20(5-4-19(11)10-12-2-1-7-25-12)15(23)13-8-14(22)18-16(24)17-13/h1-2,7-8,11,21H,3-6,9-10H2,(H2,17,18,22,24). The molecule has 0 aromatic carbocycles. The van der Waals surface area contributed by atoms with Crippen molar-refractivity contribution in [3.8, 4) is 0 Å². The highest BCUT2D eigenvalue weighted by molar-refractivity contribution is 5.92. The summed E-state index contributed by atoms with van der Waals surface area (Å²) in [5.41, 5.74) is -1.36. The second-order valence-corrected chi connectivity index (χ2v) is 5.97. The third kappa shape index (κ3) is 4.06. The molecular weight excluding hydrogens is 328 g/mol. The third-order valence-electron chi connectivity index (χ3n) is 4.28. The number of aliphatic hydroxyl groups is 1. The lowest BCUT2D eigenvalue weighted by Crippen LogP contribution is -2.54. The molecule has 1 unspecified atom stereocenters. The number of hydrogen-bond acceptors (Lipinski definition) is 6. The van der Waals surface area contributed by atoms with Gasteiger partial charge in [0.25, 0.3) is 11.5 Å². The van der Waals surface area contributed by atoms with Crippen molar-refractivity contribution in [3.63, 3.8) is 0 Å². The molecule has 1 amide bonds. The first-order valence-corrected chi connectivity index (χ1v) is 8.07. The summed E-state index contributed by atoms with van der Waals surface area (Å²) in [5.74, 6) is 0.422. The van der Waals surface area contributed by atoms with E-state index in [-0.39, 0.29) is 18.3 Å². The highest BCUT2D eigenvalue weighted by atomic mass is 16.3. The molecule has 3 rings (SSSR count). The van der Waals surface area contributed by atoms with E-state index in [1.165, 1.54) is 0 Å². The molecule has 9 heteroatoms. The number of nitrogens with zero attached hydrogens (tertiary/aromatic N) is 2. The Morgan fingerprint density at radius 3 is 2.84 bits per heavy atom. The van der Waals surface area contributed by atoms with Gasteiger partial charge in [-0.2, -0.15) is 0 Å². The van der Waals surface area contributed by atoms with Crippen LogP contribution in [0, 0.1) is 0 Å². The molecule has 1 atom stereocenters. The van der Waals surface area contributed by atoms with Gasteiger partial charge in [-0.3, -0.25) is 19.5 Å². The van der Waals surface area contributed by atoms with Crippen molar-refractivity contribution in [2.45, 2.75) is 19.0 Å². The minimum Gasteiger partial charge on any atom is -0.468 e. The number of nitrogens with one attached hydrogen (secondary N) is 2. The Labute approximate surface area is 142 Å². The molecule has 134 valence electrons. The van der Waals surface area contributed by atoms with Gasteiger partial charge >= 0.3 is 5.69 Å². The monoisotopic (exact) mass is 348 g/mol. The van der Waals surface area contributed by atoms with E-state index in [1.54, 1.807) is 11.2 Å². The van der Waals surface area contributed by atoms with Crippen molar-refractivity contribution in [2.24, 2.45) is 0 Å². The van der Waals surface area contributed by atoms with E-state index < -0.39 is 17.2 Å². The average molecular weight is 348 g/mol. The SMILES string of the molecule is O=C(c1cc(=O)[nH]c(=O)[nH]1)N1CCN(Cc2ccco2)C(CCO)C1. The fourth-order valence-corrected chi connectivity index (χ4v) is 3.07. The summed E-state index contributed by atoms with van der Waals surface area (Å²) in [5, 5.41) is 9.33. The summed E-state index contributed by atoms with van der Waals surface area (Å²) < 4.78 is 5.37. The fraction of sp³-hybridized carbons (Fsp3) is 0.438. The van der Waals surface area contributed by atoms with Crippen LogP contribution in [0.5, 0.6) is 0 Å². The van der Waals surface area contributed by atoms with E-state index in [0.29, 0.717) is 32.6 Å². The van der Waals surface area contributed by atoms with Crippen molar-refractivity contribution in [3.05, 3.63) is 56.8 Å². The molecule has 1 aliphatic rings. The molecule has 1 fully saturated rings. The first-order valence-electron chi connectivity index (χ1n) is 8.07. The molecule has 1 aliphatic heterocycles. The summed E-state index contributed by atoms with van der Waals surface area (Å²) in [6.07, 6.45) is 2.12. The van der Waals surface area contributed by atoms with Crippen molar-refractivity contribution in [1.82, 2.24) is 19.8 Å². The number of furan rings is 1. The lowest BCUT2D eigenvalue weighted by molar-refractivity contribution is 0.0368. The van der Waals surface area contributed by atoms with Crippen LogP contribution in [0.15, 0.2) is 38.5 Å². The number of carbonyl (C=O) groups is 1. The third-order valence-corrected chi connectivity index (χ3v) is 4.28. The fourth-order valence-electron chi connectivity index (χ4n) is 3.07. The number of carbonyl (C=O) groups excluding carboxylic acids is 1. The zero-order valence-corrected chi connectivity index (χ0v) is 13.6. The number of H-pyrrole nitrogens is 2. The average Bonchev–Trinajstić information content (AvgIpc) is 3.08. The smallest absolute Gasteiger partial charge is 0.326 e. The summed E-state index contributed by atoms with van der Waals surface area (Å²) in [7, 11) is 0. The van der Waals surface area contributed by atoms with Crippen LogP contribution >= 0.6 is 0 Å². The number of piperazine rings is 1. The topological polar surface area (TPSA) is 123 Å². The molecule has 1 saturated heterocycles. The molecule has 25 heavy (non-hydrogen) atoms. The van der Waals surface area contributed by atoms with E-state index in [0.717, 1.165) is 11.8 Å². The number of aliphatic hydroxyl groups excluding tert-OH is 1. The maximum Gasteiger partial charge on any atom is 0.326 e. The van der Waals surface area contributed by atoms with Crippen LogP contribution in [0.3, 0.4) is 0 Å². The van der Waals surface area contributed by atoms with E-state index in [1.807, 2.05) is 17.1 Å². The minimum absolute atomic E-state index is 0.00316. The predicted octanol–water partition coefficient (Wildman–Crippen LogP) is -0.635. The van der Waals surface area contributed by atoms with Crippen LogP contribution in [-0.2, 0) is 6.54 Å². The molecule has 0 aliphatic carbocycles. The summed E-state index contributed by atoms with van der Waals surface area (Å²) in [4.78, 5) is 43.5. The quantitative estimate of drug-likeness (QED) is 0.661. The van der Waals surface area contributed by atoms with Gasteiger partial charge in [0.1, 0.15) is 11.5 Å². The highest BCUT2D eigenvalue weighted by Crippen LogP contribution is 2.18. The van der Waals surface area contributed by atoms with Gasteiger partial charge in [-0.1, -0.05) is 0 Å². The molecule has 2 aromatic rings. The Hall–Kier alpha value is -2.65. The van der Waals surface area contributed by atoms with E-state index in [2.05, 4.69) is 9.88 Å². The Balaban J connectivity index is 1.73. The molecule has 2 aromatic heterocycles. The van der Waals surface area contributed by atoms with Gasteiger partial charge in [-0.15, -0.1) is 0 Å². The lowest BCUT2D eigenvalue weighted by atomic mass is 10.1. The number of aromatic amines is 2. The van der Waals surface area contributed by atoms with Gasteiger partial charge in [0, 0.05) is 38.3 Å². The number of hydrogen-bond donors (Lipinski definition) is 3. The van der Waals surface area contributed by atoms with Crippen LogP contribution in [0.1, 0.15) is 22.7 Å². The molecule has 3 N–H and O–H groups in total. The van der Waals surface area contributed by atoms with Crippen molar-refractivity contribution < 1.29 is 14.3 Å². The van der Waals surface area contributed by atoms with Gasteiger partial charge in [-0.05, 0) is 18.6 Å². The first kappa shape index (κ1) is 17.2. The Morgan fingerprint density at radius 1 is 1.32 bits per heavy atom. The summed E-state index contributed by atoms with van der Waals surface area (Å²) in [6, 6.07) is 4.75. The van der Waals surface area contributed by atoms with Crippen LogP contribution < -0.4 is 11.2 Å². The molecule has 0 spiro atoms. The number of aromatic nitrogens is 2. The van der Waals surface area contributed by atoms with Gasteiger partial charge < -0.3 is 19.4 Å². The van der Waals surface area contributed by atoms with Crippen LogP contribution in [0.25, 0.3) is 0 Å². The summed E-state index contributed by atoms with van der Waals surface area (Å²) >= 11 is 0. The Morgan fingerprint density at radius 2 is 2.16 bits per heavy atom.